The molecule has 0 amide bonds. The number of aliphatic hydroxyl groups excluding tert-OH is 1. The first-order valence-corrected chi connectivity index (χ1v) is 3.87. The molecule has 1 aliphatic carbocycles. The SMILES string of the molecule is NC1=CC=C(CCC(O)N=O)C1. The van der Waals surface area contributed by atoms with Gasteiger partial charge in [-0.25, -0.2) is 0 Å². The molecule has 1 rings (SSSR count). The minimum absolute atomic E-state index is 0.385. The van der Waals surface area contributed by atoms with Gasteiger partial charge in [0.15, 0.2) is 6.23 Å². The lowest BCUT2D eigenvalue weighted by molar-refractivity contribution is 0.173. The number of hydrogen-bond acceptors (Lipinski definition) is 4. The van der Waals surface area contributed by atoms with Gasteiger partial charge in [-0.2, -0.15) is 0 Å². The fourth-order valence-corrected chi connectivity index (χ4v) is 1.14. The van der Waals surface area contributed by atoms with Gasteiger partial charge in [0.05, 0.1) is 0 Å². The molecule has 0 saturated heterocycles. The van der Waals surface area contributed by atoms with E-state index in [2.05, 4.69) is 5.18 Å². The Morgan fingerprint density at radius 3 is 2.92 bits per heavy atom. The summed E-state index contributed by atoms with van der Waals surface area (Å²) in [5.74, 6) is 0. The summed E-state index contributed by atoms with van der Waals surface area (Å²) in [6, 6.07) is 0. The molecule has 0 aliphatic heterocycles. The molecule has 12 heavy (non-hydrogen) atoms. The molecule has 0 saturated carbocycles. The van der Waals surface area contributed by atoms with E-state index in [0.29, 0.717) is 12.8 Å². The summed E-state index contributed by atoms with van der Waals surface area (Å²) in [7, 11) is 0. The van der Waals surface area contributed by atoms with Crippen LogP contribution in [0.2, 0.25) is 0 Å². The molecule has 4 nitrogen and oxygen atoms in total. The largest absolute Gasteiger partial charge is 0.402 e. The van der Waals surface area contributed by atoms with Gasteiger partial charge in [0.2, 0.25) is 0 Å². The molecule has 66 valence electrons. The molecule has 0 heterocycles. The first-order valence-electron chi connectivity index (χ1n) is 3.87. The molecule has 0 bridgehead atoms. The van der Waals surface area contributed by atoms with Crippen molar-refractivity contribution in [3.8, 4) is 0 Å². The summed E-state index contributed by atoms with van der Waals surface area (Å²) in [5, 5.41) is 11.3. The highest BCUT2D eigenvalue weighted by Gasteiger charge is 2.08. The topological polar surface area (TPSA) is 75.7 Å². The zero-order chi connectivity index (χ0) is 8.97. The number of nitroso groups, excluding NO2 is 1. The molecule has 0 aromatic rings. The van der Waals surface area contributed by atoms with Crippen molar-refractivity contribution < 1.29 is 5.11 Å². The van der Waals surface area contributed by atoms with E-state index in [-0.39, 0.29) is 0 Å². The van der Waals surface area contributed by atoms with Gasteiger partial charge in [-0.1, -0.05) is 11.6 Å². The summed E-state index contributed by atoms with van der Waals surface area (Å²) in [6.45, 7) is 0. The van der Waals surface area contributed by atoms with Gasteiger partial charge in [0.25, 0.3) is 0 Å². The summed E-state index contributed by atoms with van der Waals surface area (Å²) in [5.41, 5.74) is 7.51. The maximum Gasteiger partial charge on any atom is 0.187 e. The number of allylic oxidation sites excluding steroid dienone is 3. The minimum Gasteiger partial charge on any atom is -0.402 e. The Hall–Kier alpha value is -1.16. The number of rotatable bonds is 4. The van der Waals surface area contributed by atoms with E-state index in [1.54, 1.807) is 0 Å². The van der Waals surface area contributed by atoms with Crippen LogP contribution in [0.5, 0.6) is 0 Å². The second-order valence-corrected chi connectivity index (χ2v) is 2.87. The maximum absolute atomic E-state index is 9.82. The van der Waals surface area contributed by atoms with Gasteiger partial charge >= 0.3 is 0 Å². The molecule has 1 unspecified atom stereocenters. The molecule has 0 aromatic heterocycles. The van der Waals surface area contributed by atoms with Crippen LogP contribution in [-0.4, -0.2) is 11.3 Å². The molecular weight excluding hydrogens is 156 g/mol. The molecule has 0 aromatic carbocycles. The van der Waals surface area contributed by atoms with Crippen molar-refractivity contribution in [2.45, 2.75) is 25.5 Å². The summed E-state index contributed by atoms with van der Waals surface area (Å²) in [4.78, 5) is 9.82. The van der Waals surface area contributed by atoms with Crippen LogP contribution in [0.15, 0.2) is 28.6 Å². The van der Waals surface area contributed by atoms with E-state index in [1.807, 2.05) is 12.2 Å². The van der Waals surface area contributed by atoms with Crippen LogP contribution < -0.4 is 5.73 Å². The van der Waals surface area contributed by atoms with Crippen molar-refractivity contribution in [2.75, 3.05) is 0 Å². The number of hydrogen-bond donors (Lipinski definition) is 2. The maximum atomic E-state index is 9.82. The highest BCUT2D eigenvalue weighted by molar-refractivity contribution is 5.28. The molecule has 0 fully saturated rings. The van der Waals surface area contributed by atoms with Crippen LogP contribution in [0, 0.1) is 4.91 Å². The van der Waals surface area contributed by atoms with Crippen molar-refractivity contribution in [3.05, 3.63) is 28.3 Å². The van der Waals surface area contributed by atoms with Crippen molar-refractivity contribution in [1.29, 1.82) is 0 Å². The first-order chi connectivity index (χ1) is 5.72. The van der Waals surface area contributed by atoms with E-state index >= 15 is 0 Å². The Bertz CT molecular complexity index is 233. The highest BCUT2D eigenvalue weighted by atomic mass is 16.3. The normalized spacial score (nSPS) is 18.4. The Kier molecular flexibility index (Phi) is 2.99. The Labute approximate surface area is 70.7 Å². The van der Waals surface area contributed by atoms with Crippen LogP contribution in [0.25, 0.3) is 0 Å². The van der Waals surface area contributed by atoms with Crippen LogP contribution in [0.3, 0.4) is 0 Å². The average molecular weight is 168 g/mol. The molecule has 3 N–H and O–H groups in total. The lowest BCUT2D eigenvalue weighted by atomic mass is 10.1. The standard InChI is InChI=1S/C8H12N2O2/c9-7-3-1-6(5-7)2-4-8(11)10-12/h1,3,8,11H,2,4-5,9H2. The minimum atomic E-state index is -1.08. The van der Waals surface area contributed by atoms with Gasteiger partial charge in [0.1, 0.15) is 0 Å². The van der Waals surface area contributed by atoms with E-state index in [4.69, 9.17) is 10.8 Å². The fraction of sp³-hybridized carbons (Fsp3) is 0.500. The Balaban J connectivity index is 2.22. The monoisotopic (exact) mass is 168 g/mol. The van der Waals surface area contributed by atoms with E-state index in [0.717, 1.165) is 17.7 Å². The third-order valence-corrected chi connectivity index (χ3v) is 1.81. The second kappa shape index (κ2) is 4.01. The molecule has 4 heteroatoms. The summed E-state index contributed by atoms with van der Waals surface area (Å²) >= 11 is 0. The third-order valence-electron chi connectivity index (χ3n) is 1.81. The summed E-state index contributed by atoms with van der Waals surface area (Å²) < 4.78 is 0. The van der Waals surface area contributed by atoms with Gasteiger partial charge in [-0.3, -0.25) is 0 Å². The van der Waals surface area contributed by atoms with E-state index in [9.17, 15) is 4.91 Å². The van der Waals surface area contributed by atoms with Crippen LogP contribution in [0.1, 0.15) is 19.3 Å². The van der Waals surface area contributed by atoms with Crippen molar-refractivity contribution in [1.82, 2.24) is 0 Å². The number of nitrogens with zero attached hydrogens (tertiary/aromatic N) is 1. The van der Waals surface area contributed by atoms with Gasteiger partial charge in [-0.05, 0) is 17.7 Å². The Morgan fingerprint density at radius 2 is 2.42 bits per heavy atom. The molecule has 0 radical (unpaired) electrons. The predicted molar refractivity (Wildman–Crippen MR) is 46.0 cm³/mol. The zero-order valence-electron chi connectivity index (χ0n) is 6.73. The number of aliphatic hydroxyl groups is 1. The Morgan fingerprint density at radius 1 is 1.67 bits per heavy atom. The second-order valence-electron chi connectivity index (χ2n) is 2.87. The van der Waals surface area contributed by atoms with Crippen LogP contribution >= 0.6 is 0 Å². The van der Waals surface area contributed by atoms with E-state index < -0.39 is 6.23 Å². The fourth-order valence-electron chi connectivity index (χ4n) is 1.14. The van der Waals surface area contributed by atoms with Crippen molar-refractivity contribution in [3.63, 3.8) is 0 Å². The van der Waals surface area contributed by atoms with Gasteiger partial charge in [0, 0.05) is 18.5 Å². The zero-order valence-corrected chi connectivity index (χ0v) is 6.73. The van der Waals surface area contributed by atoms with E-state index in [1.165, 1.54) is 0 Å². The average Bonchev–Trinajstić information content (AvgIpc) is 2.47. The van der Waals surface area contributed by atoms with Crippen molar-refractivity contribution in [2.24, 2.45) is 10.9 Å². The van der Waals surface area contributed by atoms with Gasteiger partial charge < -0.3 is 10.8 Å². The quantitative estimate of drug-likeness (QED) is 0.615. The molecule has 1 atom stereocenters. The predicted octanol–water partition coefficient (Wildman–Crippen LogP) is 1.02. The lowest BCUT2D eigenvalue weighted by Crippen LogP contribution is -2.02. The molecule has 1 aliphatic rings. The van der Waals surface area contributed by atoms with Crippen molar-refractivity contribution >= 4 is 0 Å². The summed E-state index contributed by atoms with van der Waals surface area (Å²) in [6.07, 6.45) is 4.52. The van der Waals surface area contributed by atoms with Gasteiger partial charge in [-0.15, -0.1) is 4.91 Å². The molecular formula is C8H12N2O2. The third kappa shape index (κ3) is 2.47. The molecule has 0 spiro atoms. The highest BCUT2D eigenvalue weighted by Crippen LogP contribution is 2.20. The number of nitrogens with two attached hydrogens (primary N) is 1. The van der Waals surface area contributed by atoms with Crippen LogP contribution in [0.4, 0.5) is 0 Å². The smallest absolute Gasteiger partial charge is 0.187 e. The van der Waals surface area contributed by atoms with Crippen LogP contribution in [-0.2, 0) is 0 Å². The lowest BCUT2D eigenvalue weighted by Gasteiger charge is -2.02. The first kappa shape index (κ1) is 8.93.